The number of aryl methyl sites for hydroxylation is 1. The molecular weight excluding hydrogens is 216 g/mol. The van der Waals surface area contributed by atoms with E-state index in [4.69, 9.17) is 5.73 Å². The summed E-state index contributed by atoms with van der Waals surface area (Å²) in [4.78, 5) is 22.6. The van der Waals surface area contributed by atoms with Crippen molar-refractivity contribution in [2.45, 2.75) is 0 Å². The van der Waals surface area contributed by atoms with Crippen molar-refractivity contribution in [2.75, 3.05) is 0 Å². The molecular formula is C8H10N4O2S. The van der Waals surface area contributed by atoms with Gasteiger partial charge < -0.3 is 10.3 Å². The smallest absolute Gasteiger partial charge is 0.269 e. The molecule has 0 aliphatic heterocycles. The van der Waals surface area contributed by atoms with E-state index < -0.39 is 5.91 Å². The molecule has 6 nitrogen and oxygen atoms in total. The predicted molar refractivity (Wildman–Crippen MR) is 59.1 cm³/mol. The Morgan fingerprint density at radius 1 is 1.53 bits per heavy atom. The van der Waals surface area contributed by atoms with Crippen molar-refractivity contribution in [3.8, 4) is 0 Å². The zero-order chi connectivity index (χ0) is 11.4. The van der Waals surface area contributed by atoms with Gasteiger partial charge in [-0.1, -0.05) is 0 Å². The van der Waals surface area contributed by atoms with E-state index in [9.17, 15) is 9.59 Å². The summed E-state index contributed by atoms with van der Waals surface area (Å²) in [5.74, 6) is -0.472. The van der Waals surface area contributed by atoms with E-state index in [1.54, 1.807) is 7.05 Å². The molecule has 0 radical (unpaired) electrons. The number of carbonyl (C=O) groups excluding carboxylic acids is 1. The van der Waals surface area contributed by atoms with Crippen LogP contribution >= 0.6 is 12.2 Å². The van der Waals surface area contributed by atoms with Crippen LogP contribution in [0.25, 0.3) is 0 Å². The van der Waals surface area contributed by atoms with E-state index in [2.05, 4.69) is 23.1 Å². The molecule has 0 saturated heterocycles. The van der Waals surface area contributed by atoms with Gasteiger partial charge in [0.2, 0.25) is 0 Å². The lowest BCUT2D eigenvalue weighted by Gasteiger charge is -2.06. The number of rotatable bonds is 1. The Morgan fingerprint density at radius 3 is 2.73 bits per heavy atom. The van der Waals surface area contributed by atoms with Crippen molar-refractivity contribution >= 4 is 23.2 Å². The topological polar surface area (TPSA) is 89.2 Å². The van der Waals surface area contributed by atoms with Crippen molar-refractivity contribution < 1.29 is 4.79 Å². The van der Waals surface area contributed by atoms with Gasteiger partial charge in [-0.2, -0.15) is 0 Å². The Bertz CT molecular complexity index is 454. The van der Waals surface area contributed by atoms with Gasteiger partial charge in [0.05, 0.1) is 0 Å². The summed E-state index contributed by atoms with van der Waals surface area (Å²) in [7, 11) is 1.59. The third-order valence-corrected chi connectivity index (χ3v) is 1.77. The van der Waals surface area contributed by atoms with Crippen molar-refractivity contribution in [3.63, 3.8) is 0 Å². The van der Waals surface area contributed by atoms with E-state index in [1.807, 2.05) is 0 Å². The third kappa shape index (κ3) is 3.06. The Labute approximate surface area is 91.0 Å². The molecule has 4 N–H and O–H groups in total. The van der Waals surface area contributed by atoms with E-state index in [-0.39, 0.29) is 16.2 Å². The average molecular weight is 226 g/mol. The van der Waals surface area contributed by atoms with Gasteiger partial charge in [-0.05, 0) is 18.3 Å². The number of hydrogen-bond acceptors (Lipinski definition) is 3. The van der Waals surface area contributed by atoms with Crippen molar-refractivity contribution in [1.29, 1.82) is 0 Å². The number of carbonyl (C=O) groups is 1. The fourth-order valence-electron chi connectivity index (χ4n) is 0.880. The zero-order valence-electron chi connectivity index (χ0n) is 7.98. The molecule has 0 aliphatic carbocycles. The van der Waals surface area contributed by atoms with E-state index in [1.165, 1.54) is 22.9 Å². The van der Waals surface area contributed by atoms with Crippen LogP contribution in [-0.4, -0.2) is 15.6 Å². The number of hydrazine groups is 1. The van der Waals surface area contributed by atoms with Crippen LogP contribution in [0.1, 0.15) is 10.4 Å². The fourth-order valence-corrected chi connectivity index (χ4v) is 0.931. The van der Waals surface area contributed by atoms with Gasteiger partial charge >= 0.3 is 0 Å². The lowest BCUT2D eigenvalue weighted by Crippen LogP contribution is -2.44. The molecule has 80 valence electrons. The lowest BCUT2D eigenvalue weighted by molar-refractivity contribution is 0.0943. The number of aromatic nitrogens is 1. The Morgan fingerprint density at radius 2 is 2.20 bits per heavy atom. The average Bonchev–Trinajstić information content (AvgIpc) is 2.18. The summed E-state index contributed by atoms with van der Waals surface area (Å²) in [6, 6.07) is 2.73. The molecule has 0 aliphatic rings. The molecule has 15 heavy (non-hydrogen) atoms. The van der Waals surface area contributed by atoms with Crippen LogP contribution in [0, 0.1) is 0 Å². The second kappa shape index (κ2) is 4.56. The maximum absolute atomic E-state index is 11.4. The first kappa shape index (κ1) is 11.2. The molecule has 0 bridgehead atoms. The number of amides is 1. The van der Waals surface area contributed by atoms with Gasteiger partial charge in [0, 0.05) is 24.9 Å². The maximum Gasteiger partial charge on any atom is 0.269 e. The normalized spacial score (nSPS) is 9.40. The summed E-state index contributed by atoms with van der Waals surface area (Å²) in [5, 5.41) is -0.0489. The van der Waals surface area contributed by atoms with Gasteiger partial charge in [-0.15, -0.1) is 0 Å². The van der Waals surface area contributed by atoms with Crippen LogP contribution in [0.5, 0.6) is 0 Å². The molecule has 0 saturated carbocycles. The molecule has 1 rings (SSSR count). The monoisotopic (exact) mass is 226 g/mol. The predicted octanol–water partition coefficient (Wildman–Crippen LogP) is -1.14. The Balaban J connectivity index is 2.79. The highest BCUT2D eigenvalue weighted by molar-refractivity contribution is 7.80. The van der Waals surface area contributed by atoms with Gasteiger partial charge in [-0.25, -0.2) is 0 Å². The molecule has 7 heteroatoms. The second-order valence-electron chi connectivity index (χ2n) is 2.81. The van der Waals surface area contributed by atoms with E-state index in [0.29, 0.717) is 0 Å². The summed E-state index contributed by atoms with van der Waals surface area (Å²) < 4.78 is 1.36. The van der Waals surface area contributed by atoms with E-state index >= 15 is 0 Å². The minimum atomic E-state index is -0.472. The highest BCUT2D eigenvalue weighted by Gasteiger charge is 2.05. The molecule has 0 aromatic carbocycles. The fraction of sp³-hybridized carbons (Fsp3) is 0.125. The molecule has 0 fully saturated rings. The van der Waals surface area contributed by atoms with Crippen molar-refractivity contribution in [2.24, 2.45) is 12.8 Å². The lowest BCUT2D eigenvalue weighted by atomic mass is 10.2. The van der Waals surface area contributed by atoms with Crippen LogP contribution in [0.15, 0.2) is 23.1 Å². The number of hydrogen-bond donors (Lipinski definition) is 3. The second-order valence-corrected chi connectivity index (χ2v) is 3.25. The first-order valence-corrected chi connectivity index (χ1v) is 4.44. The van der Waals surface area contributed by atoms with Crippen LogP contribution < -0.4 is 22.1 Å². The number of nitrogens with two attached hydrogens (primary N) is 1. The summed E-state index contributed by atoms with van der Waals surface area (Å²) in [6.45, 7) is 0. The van der Waals surface area contributed by atoms with Crippen LogP contribution in [0.2, 0.25) is 0 Å². The standard InChI is InChI=1S/C8H10N4O2S/c1-12-3-2-5(4-6(12)13)7(14)10-11-8(9)15/h2-4H,1H3,(H,10,14)(H3,9,11,15). The van der Waals surface area contributed by atoms with Crippen LogP contribution in [0.4, 0.5) is 0 Å². The van der Waals surface area contributed by atoms with Crippen molar-refractivity contribution in [1.82, 2.24) is 15.4 Å². The highest BCUT2D eigenvalue weighted by atomic mass is 32.1. The summed E-state index contributed by atoms with van der Waals surface area (Å²) in [6.07, 6.45) is 1.50. The first-order chi connectivity index (χ1) is 7.00. The highest BCUT2D eigenvalue weighted by Crippen LogP contribution is 1.92. The molecule has 0 unspecified atom stereocenters. The van der Waals surface area contributed by atoms with E-state index in [0.717, 1.165) is 0 Å². The SMILES string of the molecule is Cn1ccc(C(=O)NNC(N)=S)cc1=O. The number of thiocarbonyl (C=S) groups is 1. The quantitative estimate of drug-likeness (QED) is 0.416. The summed E-state index contributed by atoms with van der Waals surface area (Å²) in [5.41, 5.74) is 9.61. The molecule has 1 aromatic rings. The largest absolute Gasteiger partial charge is 0.375 e. The Kier molecular flexibility index (Phi) is 3.40. The minimum Gasteiger partial charge on any atom is -0.375 e. The van der Waals surface area contributed by atoms with Crippen LogP contribution in [-0.2, 0) is 7.05 Å². The van der Waals surface area contributed by atoms with Gasteiger partial charge in [-0.3, -0.25) is 20.4 Å². The minimum absolute atomic E-state index is 0.0489. The maximum atomic E-state index is 11.4. The van der Waals surface area contributed by atoms with Gasteiger partial charge in [0.25, 0.3) is 11.5 Å². The first-order valence-electron chi connectivity index (χ1n) is 4.03. The molecule has 1 heterocycles. The van der Waals surface area contributed by atoms with Crippen molar-refractivity contribution in [3.05, 3.63) is 34.2 Å². The summed E-state index contributed by atoms with van der Waals surface area (Å²) >= 11 is 4.50. The molecule has 0 spiro atoms. The molecule has 1 aromatic heterocycles. The Hall–Kier alpha value is -1.89. The zero-order valence-corrected chi connectivity index (χ0v) is 8.80. The van der Waals surface area contributed by atoms with Gasteiger partial charge in [0.15, 0.2) is 5.11 Å². The third-order valence-electron chi connectivity index (χ3n) is 1.67. The molecule has 1 amide bonds. The molecule has 0 atom stereocenters. The number of nitrogens with zero attached hydrogens (tertiary/aromatic N) is 1. The number of nitrogens with one attached hydrogen (secondary N) is 2. The van der Waals surface area contributed by atoms with Crippen LogP contribution in [0.3, 0.4) is 0 Å². The number of pyridine rings is 1. The van der Waals surface area contributed by atoms with Gasteiger partial charge in [0.1, 0.15) is 0 Å².